The minimum atomic E-state index is -3.57. The Kier molecular flexibility index (Phi) is 5.50. The molecule has 0 aliphatic carbocycles. The van der Waals surface area contributed by atoms with Crippen molar-refractivity contribution in [2.24, 2.45) is 0 Å². The summed E-state index contributed by atoms with van der Waals surface area (Å²) in [4.78, 5) is 5.03. The first-order valence-electron chi connectivity index (χ1n) is 6.22. The molecule has 21 heavy (non-hydrogen) atoms. The second-order valence-electron chi connectivity index (χ2n) is 4.53. The molecular formula is C13H16BrN3O2S2. The van der Waals surface area contributed by atoms with Gasteiger partial charge in [0.05, 0.1) is 0 Å². The maximum atomic E-state index is 12.5. The van der Waals surface area contributed by atoms with Crippen LogP contribution < -0.4 is 5.32 Å². The van der Waals surface area contributed by atoms with Crippen molar-refractivity contribution in [3.8, 4) is 0 Å². The van der Waals surface area contributed by atoms with E-state index in [-0.39, 0.29) is 5.03 Å². The summed E-state index contributed by atoms with van der Waals surface area (Å²) >= 11 is 4.88. The molecule has 0 amide bonds. The van der Waals surface area contributed by atoms with Crippen molar-refractivity contribution in [1.82, 2.24) is 14.6 Å². The number of rotatable bonds is 6. The highest BCUT2D eigenvalue weighted by molar-refractivity contribution is 9.10. The van der Waals surface area contributed by atoms with Crippen molar-refractivity contribution < 1.29 is 8.42 Å². The number of nitrogens with zero attached hydrogens (tertiary/aromatic N) is 2. The number of hydrogen-bond donors (Lipinski definition) is 1. The van der Waals surface area contributed by atoms with E-state index in [4.69, 9.17) is 0 Å². The quantitative estimate of drug-likeness (QED) is 0.823. The molecule has 0 aromatic carbocycles. The standard InChI is InChI=1S/C13H16BrN3O2S2/c1-15-6-10-3-4-13(16-7-10)21(18,19)17(2)8-12-5-11(14)9-20-12/h3-5,7,9,15H,6,8H2,1-2H3. The van der Waals surface area contributed by atoms with Gasteiger partial charge >= 0.3 is 0 Å². The van der Waals surface area contributed by atoms with E-state index < -0.39 is 10.0 Å². The van der Waals surface area contributed by atoms with Crippen LogP contribution in [0.3, 0.4) is 0 Å². The smallest absolute Gasteiger partial charge is 0.260 e. The molecule has 1 N–H and O–H groups in total. The Morgan fingerprint density at radius 2 is 2.19 bits per heavy atom. The molecular weight excluding hydrogens is 374 g/mol. The molecule has 0 radical (unpaired) electrons. The highest BCUT2D eigenvalue weighted by Crippen LogP contribution is 2.23. The zero-order valence-corrected chi connectivity index (χ0v) is 14.9. The number of halogens is 1. The number of pyridine rings is 1. The van der Waals surface area contributed by atoms with Crippen LogP contribution in [0.2, 0.25) is 0 Å². The van der Waals surface area contributed by atoms with Crippen LogP contribution in [0.1, 0.15) is 10.4 Å². The summed E-state index contributed by atoms with van der Waals surface area (Å²) in [5, 5.41) is 5.00. The van der Waals surface area contributed by atoms with Gasteiger partial charge in [0.2, 0.25) is 0 Å². The van der Waals surface area contributed by atoms with Crippen LogP contribution in [0.4, 0.5) is 0 Å². The van der Waals surface area contributed by atoms with E-state index in [1.165, 1.54) is 15.6 Å². The summed E-state index contributed by atoms with van der Waals surface area (Å²) in [7, 11) is -0.174. The third-order valence-corrected chi connectivity index (χ3v) is 6.26. The Morgan fingerprint density at radius 3 is 2.71 bits per heavy atom. The normalized spacial score (nSPS) is 12.0. The molecule has 0 spiro atoms. The number of sulfonamides is 1. The molecule has 0 aliphatic rings. The van der Waals surface area contributed by atoms with Crippen molar-refractivity contribution in [3.63, 3.8) is 0 Å². The molecule has 2 rings (SSSR count). The van der Waals surface area contributed by atoms with Crippen LogP contribution in [-0.2, 0) is 23.1 Å². The lowest BCUT2D eigenvalue weighted by atomic mass is 10.3. The minimum Gasteiger partial charge on any atom is -0.316 e. The van der Waals surface area contributed by atoms with E-state index in [1.54, 1.807) is 25.4 Å². The maximum absolute atomic E-state index is 12.5. The molecule has 2 aromatic heterocycles. The average Bonchev–Trinajstić information content (AvgIpc) is 2.85. The highest BCUT2D eigenvalue weighted by Gasteiger charge is 2.22. The second kappa shape index (κ2) is 6.97. The van der Waals surface area contributed by atoms with Crippen LogP contribution in [-0.4, -0.2) is 31.8 Å². The van der Waals surface area contributed by atoms with Gasteiger partial charge in [-0.3, -0.25) is 0 Å². The van der Waals surface area contributed by atoms with Gasteiger partial charge in [-0.15, -0.1) is 11.3 Å². The number of thiophene rings is 1. The fraction of sp³-hybridized carbons (Fsp3) is 0.308. The van der Waals surface area contributed by atoms with Crippen molar-refractivity contribution >= 4 is 37.3 Å². The van der Waals surface area contributed by atoms with Gasteiger partial charge in [-0.25, -0.2) is 13.4 Å². The first-order valence-corrected chi connectivity index (χ1v) is 9.33. The molecule has 0 atom stereocenters. The predicted molar refractivity (Wildman–Crippen MR) is 87.7 cm³/mol. The van der Waals surface area contributed by atoms with Crippen LogP contribution in [0.25, 0.3) is 0 Å². The Hall–Kier alpha value is -0.800. The molecule has 0 saturated heterocycles. The summed E-state index contributed by atoms with van der Waals surface area (Å²) in [6.45, 7) is 0.991. The van der Waals surface area contributed by atoms with E-state index >= 15 is 0 Å². The minimum absolute atomic E-state index is 0.0699. The lowest BCUT2D eigenvalue weighted by molar-refractivity contribution is 0.466. The SMILES string of the molecule is CNCc1ccc(S(=O)(=O)N(C)Cc2cc(Br)cs2)nc1. The van der Waals surface area contributed by atoms with Crippen LogP contribution in [0.5, 0.6) is 0 Å². The Morgan fingerprint density at radius 1 is 1.43 bits per heavy atom. The van der Waals surface area contributed by atoms with Gasteiger partial charge in [0, 0.05) is 41.1 Å². The Labute approximate surface area is 137 Å². The predicted octanol–water partition coefficient (Wildman–Crippen LogP) is 2.45. The molecule has 2 aromatic rings. The molecule has 0 aliphatic heterocycles. The fourth-order valence-electron chi connectivity index (χ4n) is 1.77. The molecule has 0 unspecified atom stereocenters. The fourth-order valence-corrected chi connectivity index (χ4v) is 4.41. The van der Waals surface area contributed by atoms with E-state index in [9.17, 15) is 8.42 Å². The zero-order valence-electron chi connectivity index (χ0n) is 11.7. The van der Waals surface area contributed by atoms with Gasteiger partial charge in [0.25, 0.3) is 10.0 Å². The topological polar surface area (TPSA) is 62.3 Å². The van der Waals surface area contributed by atoms with Gasteiger partial charge in [0.15, 0.2) is 5.03 Å². The second-order valence-corrected chi connectivity index (χ2v) is 8.43. The molecule has 8 heteroatoms. The maximum Gasteiger partial charge on any atom is 0.260 e. The monoisotopic (exact) mass is 389 g/mol. The van der Waals surface area contributed by atoms with E-state index in [2.05, 4.69) is 26.2 Å². The summed E-state index contributed by atoms with van der Waals surface area (Å²) in [5.41, 5.74) is 0.946. The summed E-state index contributed by atoms with van der Waals surface area (Å²) in [5.74, 6) is 0. The lowest BCUT2D eigenvalue weighted by Crippen LogP contribution is -2.27. The lowest BCUT2D eigenvalue weighted by Gasteiger charge is -2.15. The summed E-state index contributed by atoms with van der Waals surface area (Å²) < 4.78 is 27.2. The van der Waals surface area contributed by atoms with Gasteiger partial charge in [-0.05, 0) is 40.7 Å². The molecule has 114 valence electrons. The van der Waals surface area contributed by atoms with E-state index in [1.807, 2.05) is 18.5 Å². The third-order valence-electron chi connectivity index (χ3n) is 2.85. The van der Waals surface area contributed by atoms with Crippen molar-refractivity contribution in [1.29, 1.82) is 0 Å². The van der Waals surface area contributed by atoms with Crippen molar-refractivity contribution in [3.05, 3.63) is 44.7 Å². The molecule has 0 fully saturated rings. The average molecular weight is 390 g/mol. The van der Waals surface area contributed by atoms with Crippen LogP contribution >= 0.6 is 27.3 Å². The molecule has 2 heterocycles. The van der Waals surface area contributed by atoms with Crippen molar-refractivity contribution in [2.45, 2.75) is 18.1 Å². The van der Waals surface area contributed by atoms with Crippen LogP contribution in [0.15, 0.2) is 39.3 Å². The third kappa shape index (κ3) is 4.10. The van der Waals surface area contributed by atoms with E-state index in [0.29, 0.717) is 13.1 Å². The summed E-state index contributed by atoms with van der Waals surface area (Å²) in [6, 6.07) is 5.23. The number of hydrogen-bond acceptors (Lipinski definition) is 5. The molecule has 0 saturated carbocycles. The highest BCUT2D eigenvalue weighted by atomic mass is 79.9. The number of aromatic nitrogens is 1. The summed E-state index contributed by atoms with van der Waals surface area (Å²) in [6.07, 6.45) is 1.58. The van der Waals surface area contributed by atoms with Gasteiger partial charge in [-0.1, -0.05) is 6.07 Å². The molecule has 5 nitrogen and oxygen atoms in total. The number of nitrogens with one attached hydrogen (secondary N) is 1. The van der Waals surface area contributed by atoms with Crippen molar-refractivity contribution in [2.75, 3.05) is 14.1 Å². The largest absolute Gasteiger partial charge is 0.316 e. The van der Waals surface area contributed by atoms with E-state index in [0.717, 1.165) is 14.9 Å². The van der Waals surface area contributed by atoms with Gasteiger partial charge < -0.3 is 5.32 Å². The van der Waals surface area contributed by atoms with Gasteiger partial charge in [-0.2, -0.15) is 4.31 Å². The first-order chi connectivity index (χ1) is 9.93. The molecule has 0 bridgehead atoms. The zero-order chi connectivity index (χ0) is 15.5. The van der Waals surface area contributed by atoms with Crippen LogP contribution in [0, 0.1) is 0 Å². The van der Waals surface area contributed by atoms with Gasteiger partial charge in [0.1, 0.15) is 0 Å². The Balaban J connectivity index is 2.16. The first kappa shape index (κ1) is 16.6. The Bertz CT molecular complexity index is 698.